The Kier molecular flexibility index (Phi) is 6.48. The van der Waals surface area contributed by atoms with E-state index in [2.05, 4.69) is 65.2 Å². The highest BCUT2D eigenvalue weighted by Gasteiger charge is 2.12. The largest absolute Gasteiger partial charge is 0.335 e. The first kappa shape index (κ1) is 15.8. The third-order valence-electron chi connectivity index (χ3n) is 3.88. The molecule has 0 spiro atoms. The number of nitrogens with zero attached hydrogens (tertiary/aromatic N) is 2. The second kappa shape index (κ2) is 8.63. The molecule has 2 rings (SSSR count). The summed E-state index contributed by atoms with van der Waals surface area (Å²) in [5, 5.41) is 3.68. The lowest BCUT2D eigenvalue weighted by Gasteiger charge is -2.19. The summed E-state index contributed by atoms with van der Waals surface area (Å²) in [6, 6.07) is 11.2. The molecular formula is C18H27N3. The zero-order valence-corrected chi connectivity index (χ0v) is 13.3. The zero-order valence-electron chi connectivity index (χ0n) is 13.3. The molecule has 0 radical (unpaired) electrons. The van der Waals surface area contributed by atoms with Gasteiger partial charge in [0.2, 0.25) is 0 Å². The van der Waals surface area contributed by atoms with Crippen molar-refractivity contribution >= 4 is 0 Å². The summed E-state index contributed by atoms with van der Waals surface area (Å²) in [6.45, 7) is 6.46. The Morgan fingerprint density at radius 1 is 1.19 bits per heavy atom. The third-order valence-corrected chi connectivity index (χ3v) is 3.88. The van der Waals surface area contributed by atoms with E-state index < -0.39 is 0 Å². The molecule has 0 aliphatic heterocycles. The molecule has 0 aliphatic rings. The number of aromatic nitrogens is 2. The summed E-state index contributed by atoms with van der Waals surface area (Å²) in [6.07, 6.45) is 8.43. The van der Waals surface area contributed by atoms with E-state index in [1.165, 1.54) is 17.8 Å². The van der Waals surface area contributed by atoms with Crippen LogP contribution in [-0.4, -0.2) is 22.1 Å². The van der Waals surface area contributed by atoms with E-state index in [9.17, 15) is 0 Å². The molecule has 3 nitrogen and oxygen atoms in total. The maximum Gasteiger partial charge on any atom is 0.110 e. The average molecular weight is 285 g/mol. The maximum absolute atomic E-state index is 4.51. The van der Waals surface area contributed by atoms with Crippen LogP contribution in [0.1, 0.15) is 38.1 Å². The number of hydrogen-bond acceptors (Lipinski definition) is 2. The number of benzene rings is 1. The van der Waals surface area contributed by atoms with Gasteiger partial charge in [-0.2, -0.15) is 0 Å². The topological polar surface area (TPSA) is 29.9 Å². The summed E-state index contributed by atoms with van der Waals surface area (Å²) in [5.74, 6) is 1.19. The molecule has 1 unspecified atom stereocenters. The van der Waals surface area contributed by atoms with Gasteiger partial charge in [0.1, 0.15) is 5.82 Å². The van der Waals surface area contributed by atoms with Gasteiger partial charge in [0, 0.05) is 31.4 Å². The van der Waals surface area contributed by atoms with Crippen LogP contribution in [0.4, 0.5) is 0 Å². The molecule has 21 heavy (non-hydrogen) atoms. The fourth-order valence-corrected chi connectivity index (χ4v) is 2.65. The first-order valence-electron chi connectivity index (χ1n) is 8.10. The van der Waals surface area contributed by atoms with Gasteiger partial charge in [-0.25, -0.2) is 4.98 Å². The van der Waals surface area contributed by atoms with Gasteiger partial charge in [-0.05, 0) is 38.3 Å². The van der Waals surface area contributed by atoms with Gasteiger partial charge < -0.3 is 9.88 Å². The van der Waals surface area contributed by atoms with Crippen molar-refractivity contribution in [2.45, 2.75) is 52.1 Å². The second-order valence-corrected chi connectivity index (χ2v) is 5.51. The lowest BCUT2D eigenvalue weighted by atomic mass is 10.0. The minimum Gasteiger partial charge on any atom is -0.335 e. The molecule has 2 aromatic rings. The smallest absolute Gasteiger partial charge is 0.110 e. The molecule has 0 aliphatic carbocycles. The van der Waals surface area contributed by atoms with Crippen molar-refractivity contribution in [2.24, 2.45) is 0 Å². The minimum absolute atomic E-state index is 0.498. The zero-order chi connectivity index (χ0) is 14.9. The standard InChI is InChI=1S/C18H27N3/c1-3-12-19-17(11-10-16-8-6-5-7-9-16)15-18-20-13-14-21(18)4-2/h5-9,13-14,17,19H,3-4,10-12,15H2,1-2H3. The molecule has 1 heterocycles. The number of imidazole rings is 1. The fraction of sp³-hybridized carbons (Fsp3) is 0.500. The van der Waals surface area contributed by atoms with E-state index in [4.69, 9.17) is 0 Å². The highest BCUT2D eigenvalue weighted by molar-refractivity contribution is 5.15. The predicted molar refractivity (Wildman–Crippen MR) is 88.4 cm³/mol. The summed E-state index contributed by atoms with van der Waals surface area (Å²) < 4.78 is 2.24. The van der Waals surface area contributed by atoms with Crippen molar-refractivity contribution in [3.63, 3.8) is 0 Å². The molecule has 0 bridgehead atoms. The summed E-state index contributed by atoms with van der Waals surface area (Å²) >= 11 is 0. The Bertz CT molecular complexity index is 504. The molecule has 0 saturated heterocycles. The molecule has 114 valence electrons. The first-order chi connectivity index (χ1) is 10.3. The lowest BCUT2D eigenvalue weighted by molar-refractivity contribution is 0.461. The van der Waals surface area contributed by atoms with Crippen LogP contribution in [0.25, 0.3) is 0 Å². The van der Waals surface area contributed by atoms with Gasteiger partial charge in [0.05, 0.1) is 0 Å². The number of nitrogens with one attached hydrogen (secondary N) is 1. The van der Waals surface area contributed by atoms with E-state index >= 15 is 0 Å². The SMILES string of the molecule is CCCNC(CCc1ccccc1)Cc1nccn1CC. The molecule has 3 heteroatoms. The van der Waals surface area contributed by atoms with Gasteiger partial charge in [0.15, 0.2) is 0 Å². The number of rotatable bonds is 9. The van der Waals surface area contributed by atoms with Crippen molar-refractivity contribution in [3.05, 3.63) is 54.1 Å². The van der Waals surface area contributed by atoms with Crippen LogP contribution in [0.5, 0.6) is 0 Å². The summed E-state index contributed by atoms with van der Waals surface area (Å²) in [5.41, 5.74) is 1.42. The number of hydrogen-bond donors (Lipinski definition) is 1. The molecule has 1 atom stereocenters. The van der Waals surface area contributed by atoms with Crippen LogP contribution in [0, 0.1) is 0 Å². The predicted octanol–water partition coefficient (Wildman–Crippen LogP) is 3.45. The lowest BCUT2D eigenvalue weighted by Crippen LogP contribution is -2.33. The summed E-state index contributed by atoms with van der Waals surface area (Å²) in [7, 11) is 0. The first-order valence-corrected chi connectivity index (χ1v) is 8.10. The average Bonchev–Trinajstić information content (AvgIpc) is 2.98. The molecule has 0 saturated carbocycles. The van der Waals surface area contributed by atoms with Crippen LogP contribution in [-0.2, 0) is 19.4 Å². The molecule has 1 aromatic heterocycles. The van der Waals surface area contributed by atoms with Gasteiger partial charge >= 0.3 is 0 Å². The van der Waals surface area contributed by atoms with Crippen molar-refractivity contribution in [1.29, 1.82) is 0 Å². The Labute approximate surface area is 128 Å². The highest BCUT2D eigenvalue weighted by Crippen LogP contribution is 2.10. The van der Waals surface area contributed by atoms with E-state index in [0.717, 1.165) is 32.4 Å². The monoisotopic (exact) mass is 285 g/mol. The quantitative estimate of drug-likeness (QED) is 0.765. The van der Waals surface area contributed by atoms with E-state index in [-0.39, 0.29) is 0 Å². The van der Waals surface area contributed by atoms with Crippen LogP contribution in [0.2, 0.25) is 0 Å². The summed E-state index contributed by atoms with van der Waals surface area (Å²) in [4.78, 5) is 4.51. The van der Waals surface area contributed by atoms with E-state index in [1.54, 1.807) is 0 Å². The van der Waals surface area contributed by atoms with Crippen LogP contribution in [0.3, 0.4) is 0 Å². The van der Waals surface area contributed by atoms with Crippen molar-refractivity contribution < 1.29 is 0 Å². The van der Waals surface area contributed by atoms with Crippen molar-refractivity contribution in [3.8, 4) is 0 Å². The highest BCUT2D eigenvalue weighted by atomic mass is 15.1. The maximum atomic E-state index is 4.51. The fourth-order valence-electron chi connectivity index (χ4n) is 2.65. The van der Waals surface area contributed by atoms with E-state index in [0.29, 0.717) is 6.04 Å². The Hall–Kier alpha value is -1.61. The molecule has 1 N–H and O–H groups in total. The van der Waals surface area contributed by atoms with Gasteiger partial charge in [-0.1, -0.05) is 37.3 Å². The third kappa shape index (κ3) is 5.01. The van der Waals surface area contributed by atoms with Gasteiger partial charge in [-0.15, -0.1) is 0 Å². The molecule has 1 aromatic carbocycles. The van der Waals surface area contributed by atoms with Crippen molar-refractivity contribution in [2.75, 3.05) is 6.54 Å². The number of aryl methyl sites for hydroxylation is 2. The minimum atomic E-state index is 0.498. The van der Waals surface area contributed by atoms with Gasteiger partial charge in [-0.3, -0.25) is 0 Å². The van der Waals surface area contributed by atoms with E-state index in [1.807, 2.05) is 6.20 Å². The van der Waals surface area contributed by atoms with Crippen molar-refractivity contribution in [1.82, 2.24) is 14.9 Å². The van der Waals surface area contributed by atoms with Crippen LogP contribution >= 0.6 is 0 Å². The Balaban J connectivity index is 1.94. The normalized spacial score (nSPS) is 12.5. The van der Waals surface area contributed by atoms with Gasteiger partial charge in [0.25, 0.3) is 0 Å². The Morgan fingerprint density at radius 3 is 2.71 bits per heavy atom. The van der Waals surface area contributed by atoms with Crippen LogP contribution in [0.15, 0.2) is 42.7 Å². The molecule has 0 fully saturated rings. The van der Waals surface area contributed by atoms with Crippen LogP contribution < -0.4 is 5.32 Å². The second-order valence-electron chi connectivity index (χ2n) is 5.51. The Morgan fingerprint density at radius 2 is 2.00 bits per heavy atom. The molecular weight excluding hydrogens is 258 g/mol. The molecule has 0 amide bonds.